The molecule has 0 radical (unpaired) electrons. The van der Waals surface area contributed by atoms with E-state index in [0.29, 0.717) is 42.5 Å². The number of benzene rings is 1. The lowest BCUT2D eigenvalue weighted by molar-refractivity contribution is 0.148. The smallest absolute Gasteiger partial charge is 0.280 e. The molecule has 1 atom stereocenters. The first-order chi connectivity index (χ1) is 12.6. The summed E-state index contributed by atoms with van der Waals surface area (Å²) in [5, 5.41) is 0.567. The minimum Gasteiger partial charge on any atom is -0.444 e. The van der Waals surface area contributed by atoms with Gasteiger partial charge < -0.3 is 24.1 Å². The van der Waals surface area contributed by atoms with Crippen molar-refractivity contribution < 1.29 is 13.8 Å². The van der Waals surface area contributed by atoms with E-state index in [1.807, 2.05) is 12.1 Å². The Balaban J connectivity index is 1.34. The van der Waals surface area contributed by atoms with Crippen LogP contribution in [0, 0.1) is 0 Å². The molecular formula is C15H15ClN5O4P. The van der Waals surface area contributed by atoms with Crippen LogP contribution in [0.2, 0.25) is 5.02 Å². The van der Waals surface area contributed by atoms with Crippen LogP contribution in [0.4, 0.5) is 5.95 Å². The number of para-hydroxylation sites is 1. The molecule has 26 heavy (non-hydrogen) atoms. The van der Waals surface area contributed by atoms with Gasteiger partial charge in [0.1, 0.15) is 6.35 Å². The summed E-state index contributed by atoms with van der Waals surface area (Å²) in [7, 11) is -1.21. The monoisotopic (exact) mass is 395 g/mol. The Kier molecular flexibility index (Phi) is 4.78. The van der Waals surface area contributed by atoms with Gasteiger partial charge in [0, 0.05) is 12.1 Å². The molecule has 0 fully saturated rings. The number of nitrogens with one attached hydrogen (secondary N) is 1. The second-order valence-corrected chi connectivity index (χ2v) is 7.30. The van der Waals surface area contributed by atoms with E-state index in [1.165, 1.54) is 6.33 Å². The summed E-state index contributed by atoms with van der Waals surface area (Å²) in [5.74, 6) is 0.711. The Morgan fingerprint density at radius 2 is 2.35 bits per heavy atom. The van der Waals surface area contributed by atoms with E-state index in [9.17, 15) is 4.79 Å². The average Bonchev–Trinajstić information content (AvgIpc) is 3.02. The van der Waals surface area contributed by atoms with Gasteiger partial charge in [-0.1, -0.05) is 23.7 Å². The van der Waals surface area contributed by atoms with Crippen molar-refractivity contribution in [3.8, 4) is 5.75 Å². The molecule has 3 N–H and O–H groups in total. The van der Waals surface area contributed by atoms with Crippen LogP contribution in [0.3, 0.4) is 0 Å². The first-order valence-electron chi connectivity index (χ1n) is 7.76. The molecule has 11 heteroatoms. The standard InChI is InChI=1S/C15H15ClN5O4P/c16-10-3-1-2-9-6-24-26(25-12(9)10)8-23-5-4-21-7-18-11-13(21)19-15(17)20-14(11)22/h1-3,7H,4-6,8H2,(H3,17,19,20,22). The van der Waals surface area contributed by atoms with Crippen LogP contribution in [-0.4, -0.2) is 32.5 Å². The molecular weight excluding hydrogens is 381 g/mol. The Bertz CT molecular complexity index is 1010. The highest BCUT2D eigenvalue weighted by atomic mass is 35.5. The third-order valence-corrected chi connectivity index (χ3v) is 5.27. The Morgan fingerprint density at radius 1 is 1.46 bits per heavy atom. The van der Waals surface area contributed by atoms with Crippen molar-refractivity contribution in [3.05, 3.63) is 45.5 Å². The molecule has 0 saturated carbocycles. The van der Waals surface area contributed by atoms with Gasteiger partial charge in [0.2, 0.25) is 5.95 Å². The van der Waals surface area contributed by atoms with E-state index in [1.54, 1.807) is 10.6 Å². The first kappa shape index (κ1) is 17.2. The minimum absolute atomic E-state index is 0.0492. The Hall–Kier alpha value is -2.19. The Labute approximate surface area is 154 Å². The number of imidazole rings is 1. The minimum atomic E-state index is -1.21. The molecule has 136 valence electrons. The zero-order valence-electron chi connectivity index (χ0n) is 13.5. The SMILES string of the molecule is Nc1nc2c(ncn2CCOCP2OCc3cccc(Cl)c3O2)c(=O)[nH]1. The topological polar surface area (TPSA) is 117 Å². The maximum atomic E-state index is 11.8. The van der Waals surface area contributed by atoms with E-state index in [0.717, 1.165) is 5.56 Å². The summed E-state index contributed by atoms with van der Waals surface area (Å²) < 4.78 is 18.8. The fraction of sp³-hybridized carbons (Fsp3) is 0.267. The highest BCUT2D eigenvalue weighted by Gasteiger charge is 2.23. The van der Waals surface area contributed by atoms with Crippen molar-refractivity contribution in [1.82, 2.24) is 19.5 Å². The largest absolute Gasteiger partial charge is 0.444 e. The molecule has 1 aliphatic rings. The van der Waals surface area contributed by atoms with Crippen molar-refractivity contribution in [2.75, 3.05) is 18.7 Å². The first-order valence-corrected chi connectivity index (χ1v) is 9.50. The molecule has 0 spiro atoms. The number of H-pyrrole nitrogens is 1. The van der Waals surface area contributed by atoms with Gasteiger partial charge in [-0.05, 0) is 6.07 Å². The summed E-state index contributed by atoms with van der Waals surface area (Å²) in [5.41, 5.74) is 6.80. The fourth-order valence-corrected chi connectivity index (χ4v) is 3.99. The second kappa shape index (κ2) is 7.20. The molecule has 9 nitrogen and oxygen atoms in total. The number of ether oxygens (including phenoxy) is 1. The van der Waals surface area contributed by atoms with Gasteiger partial charge in [-0.15, -0.1) is 0 Å². The van der Waals surface area contributed by atoms with Gasteiger partial charge in [-0.3, -0.25) is 9.78 Å². The van der Waals surface area contributed by atoms with Crippen molar-refractivity contribution in [2.45, 2.75) is 13.2 Å². The molecule has 3 heterocycles. The molecule has 1 unspecified atom stereocenters. The summed E-state index contributed by atoms with van der Waals surface area (Å²) >= 11 is 6.15. The van der Waals surface area contributed by atoms with E-state index in [-0.39, 0.29) is 17.0 Å². The number of rotatable bonds is 5. The van der Waals surface area contributed by atoms with Crippen LogP contribution >= 0.6 is 20.0 Å². The van der Waals surface area contributed by atoms with E-state index >= 15 is 0 Å². The normalized spacial score (nSPS) is 16.4. The maximum Gasteiger partial charge on any atom is 0.280 e. The number of hydrogen-bond acceptors (Lipinski definition) is 7. The van der Waals surface area contributed by atoms with Crippen molar-refractivity contribution in [2.24, 2.45) is 0 Å². The van der Waals surface area contributed by atoms with E-state index < -0.39 is 8.38 Å². The Morgan fingerprint density at radius 3 is 3.23 bits per heavy atom. The quantitative estimate of drug-likeness (QED) is 0.502. The average molecular weight is 396 g/mol. The summed E-state index contributed by atoms with van der Waals surface area (Å²) in [6.45, 7) is 1.29. The van der Waals surface area contributed by atoms with Crippen LogP contribution in [0.15, 0.2) is 29.3 Å². The molecule has 2 aromatic heterocycles. The van der Waals surface area contributed by atoms with Crippen LogP contribution in [-0.2, 0) is 22.4 Å². The van der Waals surface area contributed by atoms with Gasteiger partial charge in [-0.25, -0.2) is 4.98 Å². The van der Waals surface area contributed by atoms with E-state index in [4.69, 9.17) is 31.1 Å². The zero-order valence-corrected chi connectivity index (χ0v) is 15.2. The number of hydrogen-bond donors (Lipinski definition) is 2. The summed E-state index contributed by atoms with van der Waals surface area (Å²) in [6, 6.07) is 5.56. The van der Waals surface area contributed by atoms with Crippen LogP contribution in [0.25, 0.3) is 11.2 Å². The summed E-state index contributed by atoms with van der Waals surface area (Å²) in [6.07, 6.45) is 1.84. The molecule has 3 aromatic rings. The lowest BCUT2D eigenvalue weighted by Gasteiger charge is -2.25. The van der Waals surface area contributed by atoms with Crippen molar-refractivity contribution >= 4 is 37.1 Å². The number of anilines is 1. The molecule has 0 aliphatic carbocycles. The predicted octanol–water partition coefficient (Wildman–Crippen LogP) is 2.25. The highest BCUT2D eigenvalue weighted by molar-refractivity contribution is 7.47. The molecule has 1 aliphatic heterocycles. The third kappa shape index (κ3) is 3.39. The molecule has 0 saturated heterocycles. The van der Waals surface area contributed by atoms with Gasteiger partial charge in [0.25, 0.3) is 13.9 Å². The van der Waals surface area contributed by atoms with Crippen LogP contribution < -0.4 is 15.8 Å². The fourth-order valence-electron chi connectivity index (χ4n) is 2.54. The number of nitrogens with two attached hydrogens (primary N) is 1. The van der Waals surface area contributed by atoms with Crippen molar-refractivity contribution in [3.63, 3.8) is 0 Å². The third-order valence-electron chi connectivity index (χ3n) is 3.77. The number of halogens is 1. The molecule has 1 aromatic carbocycles. The van der Waals surface area contributed by atoms with Gasteiger partial charge in [0.15, 0.2) is 16.9 Å². The second-order valence-electron chi connectivity index (χ2n) is 5.52. The summed E-state index contributed by atoms with van der Waals surface area (Å²) in [4.78, 5) is 22.3. The zero-order chi connectivity index (χ0) is 18.1. The number of aromatic nitrogens is 4. The van der Waals surface area contributed by atoms with Gasteiger partial charge >= 0.3 is 0 Å². The molecule has 0 bridgehead atoms. The van der Waals surface area contributed by atoms with Gasteiger partial charge in [0.05, 0.1) is 24.6 Å². The molecule has 0 amide bonds. The number of nitrogens with zero attached hydrogens (tertiary/aromatic N) is 3. The van der Waals surface area contributed by atoms with Crippen LogP contribution in [0.1, 0.15) is 5.56 Å². The number of aromatic amines is 1. The van der Waals surface area contributed by atoms with E-state index in [2.05, 4.69) is 15.0 Å². The molecule has 4 rings (SSSR count). The number of fused-ring (bicyclic) bond motifs is 2. The lowest BCUT2D eigenvalue weighted by atomic mass is 10.2. The number of nitrogen functional groups attached to an aromatic ring is 1. The van der Waals surface area contributed by atoms with Crippen LogP contribution in [0.5, 0.6) is 5.75 Å². The van der Waals surface area contributed by atoms with Gasteiger partial charge in [-0.2, -0.15) is 4.98 Å². The predicted molar refractivity (Wildman–Crippen MR) is 97.2 cm³/mol. The lowest BCUT2D eigenvalue weighted by Crippen LogP contribution is -2.13. The maximum absolute atomic E-state index is 11.8. The highest BCUT2D eigenvalue weighted by Crippen LogP contribution is 2.48. The van der Waals surface area contributed by atoms with Crippen molar-refractivity contribution in [1.29, 1.82) is 0 Å².